The molecule has 1 aromatic rings. The lowest BCUT2D eigenvalue weighted by atomic mass is 10.0. The molecule has 2 heterocycles. The van der Waals surface area contributed by atoms with E-state index in [-0.39, 0.29) is 0 Å². The third-order valence-electron chi connectivity index (χ3n) is 3.89. The molecule has 1 aliphatic heterocycles. The van der Waals surface area contributed by atoms with Gasteiger partial charge in [-0.05, 0) is 19.9 Å². The molecule has 0 spiro atoms. The van der Waals surface area contributed by atoms with Crippen LogP contribution in [0.3, 0.4) is 0 Å². The largest absolute Gasteiger partial charge is 0.347 e. The van der Waals surface area contributed by atoms with Crippen molar-refractivity contribution in [3.05, 3.63) is 17.7 Å². The molecule has 2 N–H and O–H groups in total. The standard InChI is InChI=1S/C13H24N4/c1-4-11(5-2)17(3)8-10-6-12-13(7-14-10)16-9-15-12/h9-11,14H,4-8H2,1-3H3,(H,15,16). The number of aromatic amines is 1. The van der Waals surface area contributed by atoms with Gasteiger partial charge in [-0.2, -0.15) is 0 Å². The van der Waals surface area contributed by atoms with E-state index >= 15 is 0 Å². The van der Waals surface area contributed by atoms with Crippen LogP contribution in [0.1, 0.15) is 38.1 Å². The highest BCUT2D eigenvalue weighted by atomic mass is 15.2. The first-order valence-electron chi connectivity index (χ1n) is 6.69. The third-order valence-corrected chi connectivity index (χ3v) is 3.89. The van der Waals surface area contributed by atoms with Crippen molar-refractivity contribution in [2.75, 3.05) is 13.6 Å². The minimum Gasteiger partial charge on any atom is -0.347 e. The van der Waals surface area contributed by atoms with Gasteiger partial charge in [-0.1, -0.05) is 13.8 Å². The van der Waals surface area contributed by atoms with Crippen molar-refractivity contribution in [3.8, 4) is 0 Å². The van der Waals surface area contributed by atoms with Gasteiger partial charge in [0.15, 0.2) is 0 Å². The normalized spacial score (nSPS) is 19.9. The van der Waals surface area contributed by atoms with Crippen LogP contribution < -0.4 is 5.32 Å². The summed E-state index contributed by atoms with van der Waals surface area (Å²) in [6.45, 7) is 6.57. The van der Waals surface area contributed by atoms with Crippen molar-refractivity contribution >= 4 is 0 Å². The summed E-state index contributed by atoms with van der Waals surface area (Å²) < 4.78 is 0. The summed E-state index contributed by atoms with van der Waals surface area (Å²) in [6.07, 6.45) is 5.31. The quantitative estimate of drug-likeness (QED) is 0.815. The van der Waals surface area contributed by atoms with Crippen LogP contribution in [0.4, 0.5) is 0 Å². The van der Waals surface area contributed by atoms with Gasteiger partial charge in [0.25, 0.3) is 0 Å². The molecule has 96 valence electrons. The van der Waals surface area contributed by atoms with Crippen molar-refractivity contribution in [2.24, 2.45) is 0 Å². The second-order valence-electron chi connectivity index (χ2n) is 5.02. The van der Waals surface area contributed by atoms with E-state index < -0.39 is 0 Å². The maximum absolute atomic E-state index is 4.39. The minimum atomic E-state index is 0.538. The number of rotatable bonds is 5. The monoisotopic (exact) mass is 236 g/mol. The summed E-state index contributed by atoms with van der Waals surface area (Å²) >= 11 is 0. The Balaban J connectivity index is 1.89. The summed E-state index contributed by atoms with van der Waals surface area (Å²) in [7, 11) is 2.24. The molecule has 0 fully saturated rings. The minimum absolute atomic E-state index is 0.538. The molecule has 17 heavy (non-hydrogen) atoms. The Kier molecular flexibility index (Phi) is 4.18. The summed E-state index contributed by atoms with van der Waals surface area (Å²) in [4.78, 5) is 10.1. The van der Waals surface area contributed by atoms with Gasteiger partial charge >= 0.3 is 0 Å². The number of fused-ring (bicyclic) bond motifs is 1. The first-order chi connectivity index (χ1) is 8.24. The number of nitrogens with zero attached hydrogens (tertiary/aromatic N) is 2. The summed E-state index contributed by atoms with van der Waals surface area (Å²) in [5, 5.41) is 3.58. The maximum atomic E-state index is 4.39. The number of H-pyrrole nitrogens is 1. The zero-order valence-corrected chi connectivity index (χ0v) is 11.2. The molecule has 1 aliphatic rings. The van der Waals surface area contributed by atoms with Gasteiger partial charge in [-0.15, -0.1) is 0 Å². The number of likely N-dealkylation sites (N-methyl/N-ethyl adjacent to an activating group) is 1. The highest BCUT2D eigenvalue weighted by Gasteiger charge is 2.22. The predicted molar refractivity (Wildman–Crippen MR) is 69.9 cm³/mol. The van der Waals surface area contributed by atoms with Gasteiger partial charge in [0.1, 0.15) is 0 Å². The van der Waals surface area contributed by atoms with Gasteiger partial charge in [-0.3, -0.25) is 0 Å². The van der Waals surface area contributed by atoms with Gasteiger partial charge in [0, 0.05) is 31.6 Å². The molecule has 0 saturated carbocycles. The first kappa shape index (κ1) is 12.6. The first-order valence-corrected chi connectivity index (χ1v) is 6.69. The van der Waals surface area contributed by atoms with Crippen LogP contribution in [0, 0.1) is 0 Å². The molecule has 0 aromatic carbocycles. The van der Waals surface area contributed by atoms with E-state index in [4.69, 9.17) is 0 Å². The van der Waals surface area contributed by atoms with Crippen molar-refractivity contribution in [1.82, 2.24) is 20.2 Å². The smallest absolute Gasteiger partial charge is 0.0925 e. The molecule has 0 saturated heterocycles. The molecule has 1 atom stereocenters. The van der Waals surface area contributed by atoms with E-state index in [9.17, 15) is 0 Å². The Labute approximate surface area is 104 Å². The molecule has 1 unspecified atom stereocenters. The zero-order chi connectivity index (χ0) is 12.3. The summed E-state index contributed by atoms with van der Waals surface area (Å²) in [5.74, 6) is 0. The second kappa shape index (κ2) is 5.65. The van der Waals surface area contributed by atoms with E-state index in [2.05, 4.69) is 41.1 Å². The van der Waals surface area contributed by atoms with Crippen LogP contribution in [0.15, 0.2) is 6.33 Å². The molecule has 2 rings (SSSR count). The lowest BCUT2D eigenvalue weighted by Crippen LogP contribution is -2.46. The Morgan fingerprint density at radius 2 is 2.24 bits per heavy atom. The fourth-order valence-corrected chi connectivity index (χ4v) is 2.77. The molecule has 4 heteroatoms. The zero-order valence-electron chi connectivity index (χ0n) is 11.2. The molecule has 0 bridgehead atoms. The average molecular weight is 236 g/mol. The van der Waals surface area contributed by atoms with E-state index in [1.807, 2.05) is 0 Å². The Morgan fingerprint density at radius 1 is 1.47 bits per heavy atom. The van der Waals surface area contributed by atoms with Gasteiger partial charge in [-0.25, -0.2) is 4.98 Å². The average Bonchev–Trinajstić information content (AvgIpc) is 2.77. The fourth-order valence-electron chi connectivity index (χ4n) is 2.77. The van der Waals surface area contributed by atoms with E-state index in [1.165, 1.54) is 24.2 Å². The molecular formula is C13H24N4. The third kappa shape index (κ3) is 2.87. The number of hydrogen-bond acceptors (Lipinski definition) is 3. The second-order valence-corrected chi connectivity index (χ2v) is 5.02. The number of aromatic nitrogens is 2. The Morgan fingerprint density at radius 3 is 2.94 bits per heavy atom. The van der Waals surface area contributed by atoms with Gasteiger partial charge in [0.05, 0.1) is 17.7 Å². The highest BCUT2D eigenvalue weighted by Crippen LogP contribution is 2.14. The van der Waals surface area contributed by atoms with Crippen molar-refractivity contribution in [2.45, 2.75) is 51.7 Å². The maximum Gasteiger partial charge on any atom is 0.0925 e. The highest BCUT2D eigenvalue weighted by molar-refractivity contribution is 5.15. The van der Waals surface area contributed by atoms with Crippen molar-refractivity contribution in [3.63, 3.8) is 0 Å². The SMILES string of the molecule is CCC(CC)N(C)CC1Cc2nc[nH]c2CN1. The predicted octanol–water partition coefficient (Wildman–Crippen LogP) is 1.54. The lowest BCUT2D eigenvalue weighted by Gasteiger charge is -2.32. The molecule has 1 aromatic heterocycles. The summed E-state index contributed by atoms with van der Waals surface area (Å²) in [6, 6.07) is 1.24. The molecule has 4 nitrogen and oxygen atoms in total. The fraction of sp³-hybridized carbons (Fsp3) is 0.769. The van der Waals surface area contributed by atoms with E-state index in [1.54, 1.807) is 6.33 Å². The van der Waals surface area contributed by atoms with E-state index in [0.29, 0.717) is 12.1 Å². The molecular weight excluding hydrogens is 212 g/mol. The van der Waals surface area contributed by atoms with Crippen LogP contribution in [0.25, 0.3) is 0 Å². The lowest BCUT2D eigenvalue weighted by molar-refractivity contribution is 0.201. The Hall–Kier alpha value is -0.870. The summed E-state index contributed by atoms with van der Waals surface area (Å²) in [5.41, 5.74) is 2.50. The van der Waals surface area contributed by atoms with E-state index in [0.717, 1.165) is 19.5 Å². The topological polar surface area (TPSA) is 44.0 Å². The van der Waals surface area contributed by atoms with Crippen LogP contribution in [0.5, 0.6) is 0 Å². The van der Waals surface area contributed by atoms with Crippen molar-refractivity contribution < 1.29 is 0 Å². The van der Waals surface area contributed by atoms with Crippen molar-refractivity contribution in [1.29, 1.82) is 0 Å². The van der Waals surface area contributed by atoms with Crippen LogP contribution in [-0.2, 0) is 13.0 Å². The van der Waals surface area contributed by atoms with Crippen LogP contribution in [0.2, 0.25) is 0 Å². The van der Waals surface area contributed by atoms with Crippen LogP contribution in [-0.4, -0.2) is 40.5 Å². The molecule has 0 aliphatic carbocycles. The van der Waals surface area contributed by atoms with Gasteiger partial charge in [0.2, 0.25) is 0 Å². The number of nitrogens with one attached hydrogen (secondary N) is 2. The van der Waals surface area contributed by atoms with Gasteiger partial charge < -0.3 is 15.2 Å². The van der Waals surface area contributed by atoms with Crippen LogP contribution >= 0.6 is 0 Å². The molecule has 0 radical (unpaired) electrons. The molecule has 0 amide bonds. The number of imidazole rings is 1. The Bertz CT molecular complexity index is 343. The number of hydrogen-bond donors (Lipinski definition) is 2.